The molecule has 1 aliphatic rings. The van der Waals surface area contributed by atoms with Crippen LogP contribution in [0.2, 0.25) is 0 Å². The summed E-state index contributed by atoms with van der Waals surface area (Å²) in [5.74, 6) is 1.02. The molecule has 3 aromatic rings. The Balaban J connectivity index is 1.57. The van der Waals surface area contributed by atoms with E-state index in [1.807, 2.05) is 11.6 Å². The predicted octanol–water partition coefficient (Wildman–Crippen LogP) is 2.66. The highest BCUT2D eigenvalue weighted by molar-refractivity contribution is 7.09. The van der Waals surface area contributed by atoms with Crippen LogP contribution in [0.1, 0.15) is 22.4 Å². The highest BCUT2D eigenvalue weighted by atomic mass is 32.1. The summed E-state index contributed by atoms with van der Waals surface area (Å²) in [6, 6.07) is 6.73. The van der Waals surface area contributed by atoms with E-state index in [1.165, 1.54) is 11.1 Å². The lowest BCUT2D eigenvalue weighted by Gasteiger charge is -2.26. The number of benzene rings is 1. The van der Waals surface area contributed by atoms with Crippen LogP contribution in [0.25, 0.3) is 11.0 Å². The molecule has 0 amide bonds. The van der Waals surface area contributed by atoms with Crippen LogP contribution >= 0.6 is 11.3 Å². The number of hydrogen-bond acceptors (Lipinski definition) is 5. The Hall–Kier alpha value is -1.76. The molecule has 0 spiro atoms. The molecule has 1 aromatic carbocycles. The van der Waals surface area contributed by atoms with Gasteiger partial charge in [0.2, 0.25) is 0 Å². The maximum absolute atomic E-state index is 5.72. The van der Waals surface area contributed by atoms with Gasteiger partial charge in [-0.05, 0) is 24.6 Å². The van der Waals surface area contributed by atoms with E-state index in [-0.39, 0.29) is 6.04 Å². The first kappa shape index (κ1) is 13.9. The lowest BCUT2D eigenvalue weighted by molar-refractivity contribution is 0.0564. The first-order valence-electron chi connectivity index (χ1n) is 7.45. The monoisotopic (exact) mass is 314 g/mol. The fourth-order valence-electron chi connectivity index (χ4n) is 2.96. The zero-order valence-electron chi connectivity index (χ0n) is 12.5. The van der Waals surface area contributed by atoms with Gasteiger partial charge in [0.25, 0.3) is 0 Å². The van der Waals surface area contributed by atoms with Gasteiger partial charge in [0.05, 0.1) is 23.7 Å². The van der Waals surface area contributed by atoms with Gasteiger partial charge < -0.3 is 14.6 Å². The molecule has 0 bridgehead atoms. The summed E-state index contributed by atoms with van der Waals surface area (Å²) in [7, 11) is 0. The summed E-state index contributed by atoms with van der Waals surface area (Å²) < 4.78 is 8.05. The topological polar surface area (TPSA) is 52.0 Å². The van der Waals surface area contributed by atoms with E-state index in [0.717, 1.165) is 36.0 Å². The summed E-state index contributed by atoms with van der Waals surface area (Å²) >= 11 is 1.68. The standard InChI is InChI=1S/C16H18N4OS/c1-11-2-3-14-13(6-11)19-15-10-21-9-12(20(14)15)7-17-8-16-18-4-5-22-16/h2-6,12,17H,7-10H2,1H3. The fourth-order valence-corrected chi connectivity index (χ4v) is 3.55. The van der Waals surface area contributed by atoms with Crippen molar-refractivity contribution in [3.05, 3.63) is 46.2 Å². The molecule has 0 saturated carbocycles. The van der Waals surface area contributed by atoms with Gasteiger partial charge in [-0.15, -0.1) is 11.3 Å². The Labute approximate surface area is 133 Å². The molecule has 0 saturated heterocycles. The molecule has 1 atom stereocenters. The average molecular weight is 314 g/mol. The number of imidazole rings is 1. The molecule has 1 N–H and O–H groups in total. The molecule has 1 aliphatic heterocycles. The van der Waals surface area contributed by atoms with E-state index in [0.29, 0.717) is 6.61 Å². The van der Waals surface area contributed by atoms with E-state index in [2.05, 4.69) is 40.0 Å². The Morgan fingerprint density at radius 3 is 3.27 bits per heavy atom. The smallest absolute Gasteiger partial charge is 0.136 e. The van der Waals surface area contributed by atoms with Crippen molar-refractivity contribution in [1.82, 2.24) is 19.9 Å². The van der Waals surface area contributed by atoms with Crippen molar-refractivity contribution in [2.45, 2.75) is 26.1 Å². The molecule has 0 aliphatic carbocycles. The number of aromatic nitrogens is 3. The summed E-state index contributed by atoms with van der Waals surface area (Å²) in [5, 5.41) is 6.60. The first-order valence-corrected chi connectivity index (χ1v) is 8.33. The van der Waals surface area contributed by atoms with Crippen LogP contribution in [0.15, 0.2) is 29.8 Å². The summed E-state index contributed by atoms with van der Waals surface area (Å²) in [4.78, 5) is 9.02. The number of thiazole rings is 1. The molecule has 5 nitrogen and oxygen atoms in total. The molecule has 6 heteroatoms. The molecule has 0 fully saturated rings. The Bertz CT molecular complexity index is 781. The molecule has 0 radical (unpaired) electrons. The van der Waals surface area contributed by atoms with Gasteiger partial charge in [-0.25, -0.2) is 9.97 Å². The third kappa shape index (κ3) is 2.54. The Morgan fingerprint density at radius 1 is 1.45 bits per heavy atom. The number of aryl methyl sites for hydroxylation is 1. The molecule has 114 valence electrons. The third-order valence-corrected chi connectivity index (χ3v) is 4.74. The number of ether oxygens (including phenoxy) is 1. The van der Waals surface area contributed by atoms with Gasteiger partial charge in [-0.2, -0.15) is 0 Å². The minimum Gasteiger partial charge on any atom is -0.371 e. The zero-order chi connectivity index (χ0) is 14.9. The summed E-state index contributed by atoms with van der Waals surface area (Å²) in [6.07, 6.45) is 1.84. The maximum Gasteiger partial charge on any atom is 0.136 e. The normalized spacial score (nSPS) is 17.8. The quantitative estimate of drug-likeness (QED) is 0.804. The molecule has 2 aromatic heterocycles. The zero-order valence-corrected chi connectivity index (χ0v) is 13.3. The van der Waals surface area contributed by atoms with Crippen LogP contribution in [-0.2, 0) is 17.9 Å². The van der Waals surface area contributed by atoms with E-state index in [9.17, 15) is 0 Å². The predicted molar refractivity (Wildman–Crippen MR) is 87.0 cm³/mol. The van der Waals surface area contributed by atoms with Crippen LogP contribution in [-0.4, -0.2) is 27.7 Å². The second kappa shape index (κ2) is 5.79. The molecular weight excluding hydrogens is 296 g/mol. The molecule has 1 unspecified atom stereocenters. The second-order valence-electron chi connectivity index (χ2n) is 5.62. The van der Waals surface area contributed by atoms with Crippen molar-refractivity contribution in [2.24, 2.45) is 0 Å². The van der Waals surface area contributed by atoms with E-state index in [1.54, 1.807) is 11.3 Å². The lowest BCUT2D eigenvalue weighted by atomic mass is 10.2. The first-order chi connectivity index (χ1) is 10.8. The van der Waals surface area contributed by atoms with Gasteiger partial charge in [0.1, 0.15) is 17.4 Å². The number of nitrogens with one attached hydrogen (secondary N) is 1. The maximum atomic E-state index is 5.72. The summed E-state index contributed by atoms with van der Waals surface area (Å²) in [5.41, 5.74) is 3.50. The molecule has 3 heterocycles. The largest absolute Gasteiger partial charge is 0.371 e. The SMILES string of the molecule is Cc1ccc2c(c1)nc1n2C(CNCc2nccs2)COC1. The van der Waals surface area contributed by atoms with Crippen molar-refractivity contribution in [1.29, 1.82) is 0 Å². The van der Waals surface area contributed by atoms with Crippen LogP contribution < -0.4 is 5.32 Å². The van der Waals surface area contributed by atoms with Crippen LogP contribution in [0.4, 0.5) is 0 Å². The molecular formula is C16H18N4OS. The van der Waals surface area contributed by atoms with E-state index in [4.69, 9.17) is 9.72 Å². The van der Waals surface area contributed by atoms with Crippen molar-refractivity contribution in [2.75, 3.05) is 13.2 Å². The molecule has 22 heavy (non-hydrogen) atoms. The average Bonchev–Trinajstić information content (AvgIpc) is 3.14. The third-order valence-electron chi connectivity index (χ3n) is 3.96. The fraction of sp³-hybridized carbons (Fsp3) is 0.375. The number of fused-ring (bicyclic) bond motifs is 3. The Morgan fingerprint density at radius 2 is 2.41 bits per heavy atom. The molecule has 4 rings (SSSR count). The Kier molecular flexibility index (Phi) is 3.65. The van der Waals surface area contributed by atoms with Gasteiger partial charge >= 0.3 is 0 Å². The lowest BCUT2D eigenvalue weighted by Crippen LogP contribution is -2.32. The van der Waals surface area contributed by atoms with Crippen LogP contribution in [0, 0.1) is 6.92 Å². The van der Waals surface area contributed by atoms with Crippen molar-refractivity contribution in [3.63, 3.8) is 0 Å². The van der Waals surface area contributed by atoms with Crippen molar-refractivity contribution >= 4 is 22.4 Å². The number of nitrogens with zero attached hydrogens (tertiary/aromatic N) is 3. The number of rotatable bonds is 4. The van der Waals surface area contributed by atoms with Gasteiger partial charge in [0, 0.05) is 24.7 Å². The van der Waals surface area contributed by atoms with Crippen LogP contribution in [0.3, 0.4) is 0 Å². The van der Waals surface area contributed by atoms with Crippen LogP contribution in [0.5, 0.6) is 0 Å². The minimum absolute atomic E-state index is 0.274. The van der Waals surface area contributed by atoms with E-state index >= 15 is 0 Å². The minimum atomic E-state index is 0.274. The van der Waals surface area contributed by atoms with E-state index < -0.39 is 0 Å². The highest BCUT2D eigenvalue weighted by Gasteiger charge is 2.23. The van der Waals surface area contributed by atoms with Gasteiger partial charge in [0.15, 0.2) is 0 Å². The van der Waals surface area contributed by atoms with Crippen molar-refractivity contribution in [3.8, 4) is 0 Å². The van der Waals surface area contributed by atoms with Crippen molar-refractivity contribution < 1.29 is 4.74 Å². The highest BCUT2D eigenvalue weighted by Crippen LogP contribution is 2.26. The number of hydrogen-bond donors (Lipinski definition) is 1. The second-order valence-corrected chi connectivity index (χ2v) is 6.60. The van der Waals surface area contributed by atoms with Gasteiger partial charge in [-0.1, -0.05) is 6.07 Å². The van der Waals surface area contributed by atoms with Gasteiger partial charge in [-0.3, -0.25) is 0 Å². The summed E-state index contributed by atoms with van der Waals surface area (Å²) in [6.45, 7) is 5.07.